The molecule has 0 amide bonds. The van der Waals surface area contributed by atoms with Gasteiger partial charge in [-0.25, -0.2) is 0 Å². The van der Waals surface area contributed by atoms with Crippen molar-refractivity contribution in [3.8, 4) is 0 Å². The number of esters is 1. The zero-order valence-corrected chi connectivity index (χ0v) is 17.0. The zero-order chi connectivity index (χ0) is 18.9. The van der Waals surface area contributed by atoms with Gasteiger partial charge in [0.1, 0.15) is 0 Å². The minimum absolute atomic E-state index is 0.00487. The first kappa shape index (κ1) is 20.4. The first-order valence-corrected chi connectivity index (χ1v) is 11.1. The van der Waals surface area contributed by atoms with Gasteiger partial charge in [-0.3, -0.25) is 4.79 Å². The number of allylic oxidation sites excluding steroid dienone is 1. The van der Waals surface area contributed by atoms with Gasteiger partial charge in [-0.1, -0.05) is 41.2 Å². The maximum atomic E-state index is 12.0. The Kier molecular flexibility index (Phi) is 5.68. The van der Waals surface area contributed by atoms with E-state index in [0.717, 1.165) is 0 Å². The molecule has 1 aliphatic heterocycles. The molecule has 0 aromatic rings. The van der Waals surface area contributed by atoms with Crippen LogP contribution in [-0.4, -0.2) is 31.4 Å². The van der Waals surface area contributed by atoms with Gasteiger partial charge in [0.2, 0.25) is 0 Å². The van der Waals surface area contributed by atoms with E-state index < -0.39 is 8.32 Å². The molecular formula is C18H30N2O3Si. The quantitative estimate of drug-likeness (QED) is 0.179. The lowest BCUT2D eigenvalue weighted by atomic mass is 9.77. The van der Waals surface area contributed by atoms with Crippen molar-refractivity contribution in [1.29, 1.82) is 0 Å². The average Bonchev–Trinajstić information content (AvgIpc) is 2.64. The molecule has 6 heteroatoms. The molecule has 0 unspecified atom stereocenters. The molecule has 1 saturated heterocycles. The topological polar surface area (TPSA) is 71.9 Å². The SMILES string of the molecule is C=C(C[C@H]1C(=O)OCC1(C)C)C(=[N+]=[N-])C(=C)O[Si](C)(C)C(C)(C)C. The van der Waals surface area contributed by atoms with E-state index in [9.17, 15) is 10.3 Å². The molecular weight excluding hydrogens is 320 g/mol. The van der Waals surface area contributed by atoms with Crippen molar-refractivity contribution >= 4 is 20.0 Å². The lowest BCUT2D eigenvalue weighted by Crippen LogP contribution is -2.41. The van der Waals surface area contributed by atoms with Crippen LogP contribution in [0.2, 0.25) is 18.1 Å². The van der Waals surface area contributed by atoms with E-state index in [1.54, 1.807) is 0 Å². The van der Waals surface area contributed by atoms with E-state index in [2.05, 4.69) is 51.8 Å². The van der Waals surface area contributed by atoms with Gasteiger partial charge in [0.25, 0.3) is 8.32 Å². The molecule has 0 aromatic heterocycles. The molecule has 0 spiro atoms. The van der Waals surface area contributed by atoms with Gasteiger partial charge in [-0.05, 0) is 31.1 Å². The highest BCUT2D eigenvalue weighted by Gasteiger charge is 2.45. The summed E-state index contributed by atoms with van der Waals surface area (Å²) in [5, 5.41) is -0.00487. The van der Waals surface area contributed by atoms with E-state index in [4.69, 9.17) is 9.16 Å². The molecule has 0 aliphatic carbocycles. The number of carbonyl (C=O) groups excluding carboxylic acids is 1. The first-order valence-electron chi connectivity index (χ1n) is 8.18. The molecule has 1 aliphatic rings. The zero-order valence-electron chi connectivity index (χ0n) is 16.0. The maximum absolute atomic E-state index is 12.0. The van der Waals surface area contributed by atoms with Crippen molar-refractivity contribution < 1.29 is 18.7 Å². The summed E-state index contributed by atoms with van der Waals surface area (Å²) in [5.41, 5.74) is 9.89. The van der Waals surface area contributed by atoms with Gasteiger partial charge in [0.05, 0.1) is 12.5 Å². The molecule has 0 aromatic carbocycles. The lowest BCUT2D eigenvalue weighted by molar-refractivity contribution is -0.141. The minimum Gasteiger partial charge on any atom is -0.539 e. The number of carbonyl (C=O) groups is 1. The van der Waals surface area contributed by atoms with E-state index in [-0.39, 0.29) is 28.1 Å². The fourth-order valence-electron chi connectivity index (χ4n) is 2.31. The van der Waals surface area contributed by atoms with Gasteiger partial charge in [-0.2, -0.15) is 4.79 Å². The second-order valence-corrected chi connectivity index (χ2v) is 13.4. The second kappa shape index (κ2) is 6.69. The molecule has 0 N–H and O–H groups in total. The molecule has 0 saturated carbocycles. The Balaban J connectivity index is 2.91. The third kappa shape index (κ3) is 4.25. The van der Waals surface area contributed by atoms with Crippen molar-refractivity contribution in [1.82, 2.24) is 0 Å². The van der Waals surface area contributed by atoms with Crippen LogP contribution in [-0.2, 0) is 14.0 Å². The highest BCUT2D eigenvalue weighted by atomic mass is 28.4. The number of cyclic esters (lactones) is 1. The molecule has 0 bridgehead atoms. The van der Waals surface area contributed by atoms with E-state index >= 15 is 0 Å². The van der Waals surface area contributed by atoms with Crippen molar-refractivity contribution in [2.24, 2.45) is 11.3 Å². The first-order chi connectivity index (χ1) is 10.7. The molecule has 24 heavy (non-hydrogen) atoms. The van der Waals surface area contributed by atoms with E-state index in [1.807, 2.05) is 13.8 Å². The summed E-state index contributed by atoms with van der Waals surface area (Å²) in [7, 11) is -2.10. The Labute approximate surface area is 146 Å². The number of hydrogen-bond donors (Lipinski definition) is 0. The number of nitrogens with zero attached hydrogens (tertiary/aromatic N) is 2. The normalized spacial score (nSPS) is 20.1. The fourth-order valence-corrected chi connectivity index (χ4v) is 3.33. The molecule has 0 radical (unpaired) electrons. The van der Waals surface area contributed by atoms with Crippen molar-refractivity contribution in [2.75, 3.05) is 6.61 Å². The predicted octanol–water partition coefficient (Wildman–Crippen LogP) is 4.34. The molecule has 1 fully saturated rings. The molecule has 1 rings (SSSR count). The summed E-state index contributed by atoms with van der Waals surface area (Å²) in [4.78, 5) is 15.3. The summed E-state index contributed by atoms with van der Waals surface area (Å²) >= 11 is 0. The Bertz CT molecular complexity index is 608. The monoisotopic (exact) mass is 350 g/mol. The standard InChI is InChI=1S/C18H30N2O3Si/c1-12(10-14-16(21)22-11-18(14,6)7)15(20-19)13(2)23-24(8,9)17(3,4)5/h14H,1-2,10-11H2,3-9H3/t14-/m0/s1. The summed E-state index contributed by atoms with van der Waals surface area (Å²) in [6.07, 6.45) is 0.352. The fraction of sp³-hybridized carbons (Fsp3) is 0.667. The average molecular weight is 351 g/mol. The summed E-state index contributed by atoms with van der Waals surface area (Å²) in [6.45, 7) is 22.8. The van der Waals surface area contributed by atoms with Gasteiger partial charge in [0, 0.05) is 11.0 Å². The van der Waals surface area contributed by atoms with Crippen LogP contribution in [0.5, 0.6) is 0 Å². The van der Waals surface area contributed by atoms with Gasteiger partial charge in [-0.15, -0.1) is 0 Å². The van der Waals surface area contributed by atoms with Crippen LogP contribution < -0.4 is 0 Å². The largest absolute Gasteiger partial charge is 0.539 e. The van der Waals surface area contributed by atoms with E-state index in [1.165, 1.54) is 0 Å². The van der Waals surface area contributed by atoms with Crippen LogP contribution in [0.3, 0.4) is 0 Å². The van der Waals surface area contributed by atoms with Crippen LogP contribution in [0.25, 0.3) is 5.53 Å². The number of hydrogen-bond acceptors (Lipinski definition) is 3. The lowest BCUT2D eigenvalue weighted by Gasteiger charge is -2.36. The highest BCUT2D eigenvalue weighted by molar-refractivity contribution is 6.74. The van der Waals surface area contributed by atoms with Crippen molar-refractivity contribution in [2.45, 2.75) is 59.2 Å². The van der Waals surface area contributed by atoms with E-state index in [0.29, 0.717) is 24.4 Å². The molecule has 5 nitrogen and oxygen atoms in total. The third-order valence-corrected chi connectivity index (χ3v) is 9.52. The maximum Gasteiger partial charge on any atom is 0.357 e. The highest BCUT2D eigenvalue weighted by Crippen LogP contribution is 2.40. The Morgan fingerprint density at radius 3 is 2.33 bits per heavy atom. The molecule has 134 valence electrons. The van der Waals surface area contributed by atoms with Gasteiger partial charge in [0.15, 0.2) is 5.76 Å². The minimum atomic E-state index is -2.10. The van der Waals surface area contributed by atoms with Crippen LogP contribution >= 0.6 is 0 Å². The van der Waals surface area contributed by atoms with Crippen molar-refractivity contribution in [3.05, 3.63) is 30.0 Å². The van der Waals surface area contributed by atoms with Crippen molar-refractivity contribution in [3.63, 3.8) is 0 Å². The van der Waals surface area contributed by atoms with Crippen LogP contribution in [0.15, 0.2) is 24.5 Å². The summed E-state index contributed by atoms with van der Waals surface area (Å²) in [5.74, 6) is -0.255. The Hall–Kier alpha value is -1.65. The van der Waals surface area contributed by atoms with Crippen LogP contribution in [0.4, 0.5) is 0 Å². The van der Waals surface area contributed by atoms with Gasteiger partial charge < -0.3 is 14.7 Å². The Morgan fingerprint density at radius 1 is 1.42 bits per heavy atom. The van der Waals surface area contributed by atoms with Crippen LogP contribution in [0, 0.1) is 11.3 Å². The number of rotatable bonds is 6. The summed E-state index contributed by atoms with van der Waals surface area (Å²) < 4.78 is 11.2. The third-order valence-electron chi connectivity index (χ3n) is 5.15. The Morgan fingerprint density at radius 2 is 1.96 bits per heavy atom. The smallest absolute Gasteiger partial charge is 0.357 e. The molecule has 1 atom stereocenters. The van der Waals surface area contributed by atoms with Gasteiger partial charge >= 0.3 is 11.7 Å². The summed E-state index contributed by atoms with van der Waals surface area (Å²) in [6, 6.07) is 0. The predicted molar refractivity (Wildman–Crippen MR) is 98.0 cm³/mol. The second-order valence-electron chi connectivity index (χ2n) is 8.69. The number of ether oxygens (including phenoxy) is 1. The molecule has 1 heterocycles. The van der Waals surface area contributed by atoms with Crippen LogP contribution in [0.1, 0.15) is 41.0 Å².